The minimum Gasteiger partial charge on any atom is -0.287 e. The van der Waals surface area contributed by atoms with Gasteiger partial charge < -0.3 is 0 Å². The highest BCUT2D eigenvalue weighted by atomic mass is 19.4. The minimum absolute atomic E-state index is 0.00961. The monoisotopic (exact) mass is 434 g/mol. The zero-order valence-electron chi connectivity index (χ0n) is 18.7. The van der Waals surface area contributed by atoms with E-state index >= 15 is 0 Å². The van der Waals surface area contributed by atoms with Gasteiger partial charge in [0.25, 0.3) is 0 Å². The van der Waals surface area contributed by atoms with Gasteiger partial charge in [0.05, 0.1) is 5.41 Å². The van der Waals surface area contributed by atoms with Crippen LogP contribution >= 0.6 is 0 Å². The van der Waals surface area contributed by atoms with E-state index in [0.29, 0.717) is 11.8 Å². The third kappa shape index (κ3) is 5.40. The van der Waals surface area contributed by atoms with Gasteiger partial charge in [-0.25, -0.2) is 5.01 Å². The number of halogens is 3. The number of rotatable bonds is 9. The molecule has 2 aromatic rings. The molecule has 1 saturated heterocycles. The zero-order valence-corrected chi connectivity index (χ0v) is 18.7. The van der Waals surface area contributed by atoms with E-state index in [0.717, 1.165) is 35.2 Å². The summed E-state index contributed by atoms with van der Waals surface area (Å²) >= 11 is 0. The molecule has 0 bridgehead atoms. The summed E-state index contributed by atoms with van der Waals surface area (Å²) in [7, 11) is 0. The van der Waals surface area contributed by atoms with E-state index < -0.39 is 17.6 Å². The summed E-state index contributed by atoms with van der Waals surface area (Å²) in [4.78, 5) is 12.3. The van der Waals surface area contributed by atoms with Crippen molar-refractivity contribution in [1.29, 1.82) is 0 Å². The maximum Gasteiger partial charge on any atom is 0.409 e. The largest absolute Gasteiger partial charge is 0.409 e. The van der Waals surface area contributed by atoms with Gasteiger partial charge >= 0.3 is 6.18 Å². The first-order valence-electron chi connectivity index (χ1n) is 11.3. The van der Waals surface area contributed by atoms with Crippen molar-refractivity contribution in [1.82, 2.24) is 10.4 Å². The second-order valence-corrected chi connectivity index (χ2v) is 9.27. The lowest BCUT2D eigenvalue weighted by Gasteiger charge is -2.32. The Morgan fingerprint density at radius 3 is 2.35 bits per heavy atom. The molecule has 3 rings (SSSR count). The Bertz CT molecular complexity index is 907. The van der Waals surface area contributed by atoms with Gasteiger partial charge in [0.2, 0.25) is 5.91 Å². The standard InChI is InChI=1S/C25H33F3N2O/c1-4-5-6-7-8-9-13-19-16-15-18-12-10-11-14-20(18)21(19)22(25(26,27)28)30-17-24(2,3)23(31)29-30/h10-12,14-16,22H,4-9,13,17H2,1-3H3,(H,29,31). The number of hydrazine groups is 1. The molecule has 1 fully saturated rings. The zero-order chi connectivity index (χ0) is 22.6. The minimum atomic E-state index is -4.52. The summed E-state index contributed by atoms with van der Waals surface area (Å²) in [5, 5.41) is 2.48. The number of alkyl halides is 3. The Balaban J connectivity index is 1.98. The Kier molecular flexibility index (Phi) is 7.30. The van der Waals surface area contributed by atoms with Gasteiger partial charge in [0, 0.05) is 6.54 Å². The van der Waals surface area contributed by atoms with Crippen molar-refractivity contribution >= 4 is 16.7 Å². The lowest BCUT2D eigenvalue weighted by atomic mass is 9.89. The van der Waals surface area contributed by atoms with Crippen LogP contribution in [-0.2, 0) is 11.2 Å². The summed E-state index contributed by atoms with van der Waals surface area (Å²) in [5.74, 6) is -0.375. The number of amides is 1. The van der Waals surface area contributed by atoms with E-state index in [-0.39, 0.29) is 18.0 Å². The second kappa shape index (κ2) is 9.60. The van der Waals surface area contributed by atoms with Crippen LogP contribution in [0.2, 0.25) is 0 Å². The maximum absolute atomic E-state index is 14.5. The first-order chi connectivity index (χ1) is 14.6. The fourth-order valence-electron chi connectivity index (χ4n) is 4.45. The lowest BCUT2D eigenvalue weighted by molar-refractivity contribution is -0.191. The lowest BCUT2D eigenvalue weighted by Crippen LogP contribution is -2.44. The molecule has 0 aromatic heterocycles. The number of nitrogens with one attached hydrogen (secondary N) is 1. The van der Waals surface area contributed by atoms with Gasteiger partial charge in [-0.2, -0.15) is 13.2 Å². The second-order valence-electron chi connectivity index (χ2n) is 9.27. The molecule has 0 aliphatic carbocycles. The van der Waals surface area contributed by atoms with Crippen molar-refractivity contribution in [3.05, 3.63) is 47.5 Å². The number of hydrogen-bond donors (Lipinski definition) is 1. The molecule has 1 unspecified atom stereocenters. The molecule has 0 radical (unpaired) electrons. The number of nitrogens with zero attached hydrogens (tertiary/aromatic N) is 1. The highest BCUT2D eigenvalue weighted by Crippen LogP contribution is 2.44. The van der Waals surface area contributed by atoms with Gasteiger partial charge in [0.1, 0.15) is 0 Å². The molecule has 1 amide bonds. The summed E-state index contributed by atoms with van der Waals surface area (Å²) in [6.45, 7) is 5.53. The molecule has 170 valence electrons. The maximum atomic E-state index is 14.5. The van der Waals surface area contributed by atoms with Crippen molar-refractivity contribution in [2.24, 2.45) is 5.41 Å². The molecule has 1 N–H and O–H groups in total. The van der Waals surface area contributed by atoms with Crippen molar-refractivity contribution in [2.75, 3.05) is 6.54 Å². The smallest absolute Gasteiger partial charge is 0.287 e. The van der Waals surface area contributed by atoms with Gasteiger partial charge in [-0.05, 0) is 48.6 Å². The molecule has 1 heterocycles. The predicted octanol–water partition coefficient (Wildman–Crippen LogP) is 6.72. The predicted molar refractivity (Wildman–Crippen MR) is 118 cm³/mol. The average Bonchev–Trinajstić information content (AvgIpc) is 2.96. The van der Waals surface area contributed by atoms with Crippen LogP contribution < -0.4 is 5.43 Å². The molecular weight excluding hydrogens is 401 g/mol. The Morgan fingerprint density at radius 2 is 1.71 bits per heavy atom. The fourth-order valence-corrected chi connectivity index (χ4v) is 4.45. The fraction of sp³-hybridized carbons (Fsp3) is 0.560. The molecule has 31 heavy (non-hydrogen) atoms. The van der Waals surface area contributed by atoms with Crippen molar-refractivity contribution < 1.29 is 18.0 Å². The van der Waals surface area contributed by atoms with Crippen LogP contribution in [-0.4, -0.2) is 23.6 Å². The summed E-state index contributed by atoms with van der Waals surface area (Å²) in [6, 6.07) is 9.09. The van der Waals surface area contributed by atoms with Crippen LogP contribution in [0.15, 0.2) is 36.4 Å². The molecule has 0 saturated carbocycles. The van der Waals surface area contributed by atoms with Crippen LogP contribution in [0.3, 0.4) is 0 Å². The van der Waals surface area contributed by atoms with Crippen LogP contribution in [0.1, 0.15) is 76.5 Å². The number of fused-ring (bicyclic) bond motifs is 1. The number of carbonyl (C=O) groups excluding carboxylic acids is 1. The first-order valence-corrected chi connectivity index (χ1v) is 11.3. The number of unbranched alkanes of at least 4 members (excludes halogenated alkanes) is 5. The van der Waals surface area contributed by atoms with Gasteiger partial charge in [-0.15, -0.1) is 0 Å². The molecule has 1 aliphatic rings. The quantitative estimate of drug-likeness (QED) is 0.444. The van der Waals surface area contributed by atoms with Gasteiger partial charge in [-0.1, -0.05) is 75.4 Å². The van der Waals surface area contributed by atoms with Gasteiger partial charge in [-0.3, -0.25) is 10.2 Å². The SMILES string of the molecule is CCCCCCCCc1ccc2ccccc2c1C(N1CC(C)(C)C(=O)N1)C(F)(F)F. The summed E-state index contributed by atoms with van der Waals surface area (Å²) < 4.78 is 43.4. The van der Waals surface area contributed by atoms with E-state index in [1.54, 1.807) is 26.0 Å². The van der Waals surface area contributed by atoms with E-state index in [4.69, 9.17) is 0 Å². The first kappa shape index (κ1) is 23.6. The summed E-state index contributed by atoms with van der Waals surface area (Å²) in [5.41, 5.74) is 2.63. The van der Waals surface area contributed by atoms with Crippen LogP contribution in [0.4, 0.5) is 13.2 Å². The Morgan fingerprint density at radius 1 is 1.03 bits per heavy atom. The molecule has 2 aromatic carbocycles. The Labute approximate surface area is 183 Å². The average molecular weight is 435 g/mol. The molecule has 1 atom stereocenters. The number of aryl methyl sites for hydroxylation is 1. The van der Waals surface area contributed by atoms with Crippen LogP contribution in [0.5, 0.6) is 0 Å². The molecule has 1 aliphatic heterocycles. The van der Waals surface area contributed by atoms with Crippen LogP contribution in [0, 0.1) is 5.41 Å². The normalized spacial score (nSPS) is 17.8. The molecule has 6 heteroatoms. The highest BCUT2D eigenvalue weighted by Gasteiger charge is 2.52. The van der Waals surface area contributed by atoms with Crippen molar-refractivity contribution in [2.45, 2.75) is 77.9 Å². The Hall–Kier alpha value is -2.08. The topological polar surface area (TPSA) is 32.3 Å². The van der Waals surface area contributed by atoms with Crippen LogP contribution in [0.25, 0.3) is 10.8 Å². The van der Waals surface area contributed by atoms with E-state index in [9.17, 15) is 18.0 Å². The van der Waals surface area contributed by atoms with E-state index in [2.05, 4.69) is 12.3 Å². The van der Waals surface area contributed by atoms with Crippen molar-refractivity contribution in [3.63, 3.8) is 0 Å². The van der Waals surface area contributed by atoms with Gasteiger partial charge in [0.15, 0.2) is 6.04 Å². The van der Waals surface area contributed by atoms with Crippen molar-refractivity contribution in [3.8, 4) is 0 Å². The number of carbonyl (C=O) groups is 1. The number of benzene rings is 2. The summed E-state index contributed by atoms with van der Waals surface area (Å²) in [6.07, 6.45) is 2.59. The third-order valence-electron chi connectivity index (χ3n) is 6.18. The highest BCUT2D eigenvalue weighted by molar-refractivity contribution is 5.88. The van der Waals surface area contributed by atoms with E-state index in [1.807, 2.05) is 24.3 Å². The molecular formula is C25H33F3N2O. The number of hydrogen-bond acceptors (Lipinski definition) is 2. The van der Waals surface area contributed by atoms with E-state index in [1.165, 1.54) is 19.3 Å². The third-order valence-corrected chi connectivity index (χ3v) is 6.18. The molecule has 3 nitrogen and oxygen atoms in total. The molecule has 0 spiro atoms.